The Morgan fingerprint density at radius 1 is 1.50 bits per heavy atom. The van der Waals surface area contributed by atoms with Crippen LogP contribution in [-0.4, -0.2) is 50.1 Å². The Morgan fingerprint density at radius 3 is 2.88 bits per heavy atom. The van der Waals surface area contributed by atoms with Crippen molar-refractivity contribution >= 4 is 5.91 Å². The van der Waals surface area contributed by atoms with Crippen LogP contribution in [0.25, 0.3) is 0 Å². The van der Waals surface area contributed by atoms with E-state index in [0.717, 1.165) is 32.4 Å². The second kappa shape index (κ2) is 6.86. The highest BCUT2D eigenvalue weighted by Crippen LogP contribution is 2.15. The summed E-state index contributed by atoms with van der Waals surface area (Å²) in [4.78, 5) is 14.0. The number of nitrogens with zero attached hydrogens (tertiary/aromatic N) is 1. The summed E-state index contributed by atoms with van der Waals surface area (Å²) in [6.07, 6.45) is 3.72. The third-order valence-corrected chi connectivity index (χ3v) is 3.40. The normalized spacial score (nSPS) is 26.7. The van der Waals surface area contributed by atoms with Crippen LogP contribution in [0.5, 0.6) is 0 Å². The van der Waals surface area contributed by atoms with Crippen LogP contribution in [0.2, 0.25) is 0 Å². The molecule has 0 aromatic heterocycles. The fourth-order valence-corrected chi connectivity index (χ4v) is 2.15. The van der Waals surface area contributed by atoms with Gasteiger partial charge in [-0.2, -0.15) is 0 Å². The van der Waals surface area contributed by atoms with E-state index in [1.165, 1.54) is 0 Å². The molecule has 1 fully saturated rings. The van der Waals surface area contributed by atoms with E-state index in [1.807, 2.05) is 7.05 Å². The van der Waals surface area contributed by atoms with Crippen molar-refractivity contribution in [2.45, 2.75) is 44.7 Å². The summed E-state index contributed by atoms with van der Waals surface area (Å²) in [5.41, 5.74) is 0. The quantitative estimate of drug-likeness (QED) is 0.676. The van der Waals surface area contributed by atoms with Crippen molar-refractivity contribution in [2.24, 2.45) is 0 Å². The van der Waals surface area contributed by atoms with Gasteiger partial charge in [0.1, 0.15) is 0 Å². The molecule has 0 spiro atoms. The molecule has 1 aliphatic rings. The average molecular weight is 227 g/mol. The van der Waals surface area contributed by atoms with Crippen molar-refractivity contribution in [2.75, 3.05) is 27.2 Å². The topological polar surface area (TPSA) is 44.4 Å². The molecule has 1 rings (SSSR count). The molecule has 1 saturated heterocycles. The maximum Gasteiger partial charge on any atom is 0.220 e. The number of carbonyl (C=O) groups is 1. The molecule has 2 N–H and O–H groups in total. The van der Waals surface area contributed by atoms with Crippen LogP contribution in [-0.2, 0) is 4.79 Å². The summed E-state index contributed by atoms with van der Waals surface area (Å²) in [5, 5.41) is 6.19. The molecule has 1 amide bonds. The molecule has 1 heterocycles. The highest BCUT2D eigenvalue weighted by atomic mass is 16.1. The van der Waals surface area contributed by atoms with Gasteiger partial charge in [-0.3, -0.25) is 4.79 Å². The molecule has 0 aromatic carbocycles. The Balaban J connectivity index is 2.19. The molecule has 0 saturated carbocycles. The van der Waals surface area contributed by atoms with E-state index in [1.54, 1.807) is 0 Å². The fourth-order valence-electron chi connectivity index (χ4n) is 2.15. The van der Waals surface area contributed by atoms with Crippen LogP contribution < -0.4 is 10.6 Å². The molecule has 94 valence electrons. The first kappa shape index (κ1) is 13.5. The highest BCUT2D eigenvalue weighted by molar-refractivity contribution is 5.76. The smallest absolute Gasteiger partial charge is 0.220 e. The highest BCUT2D eigenvalue weighted by Gasteiger charge is 2.23. The molecular formula is C12H25N3O. The van der Waals surface area contributed by atoms with Gasteiger partial charge in [-0.05, 0) is 46.8 Å². The van der Waals surface area contributed by atoms with E-state index in [0.29, 0.717) is 18.5 Å². The number of amides is 1. The first-order valence-electron chi connectivity index (χ1n) is 6.27. The maximum atomic E-state index is 11.6. The molecule has 4 nitrogen and oxygen atoms in total. The Bertz CT molecular complexity index is 220. The summed E-state index contributed by atoms with van der Waals surface area (Å²) >= 11 is 0. The van der Waals surface area contributed by atoms with Gasteiger partial charge in [-0.15, -0.1) is 0 Å². The van der Waals surface area contributed by atoms with Gasteiger partial charge in [-0.1, -0.05) is 0 Å². The van der Waals surface area contributed by atoms with E-state index in [2.05, 4.69) is 29.5 Å². The molecular weight excluding hydrogens is 202 g/mol. The first-order valence-corrected chi connectivity index (χ1v) is 6.27. The Morgan fingerprint density at radius 2 is 2.25 bits per heavy atom. The second-order valence-electron chi connectivity index (χ2n) is 4.83. The van der Waals surface area contributed by atoms with Crippen LogP contribution in [0.15, 0.2) is 0 Å². The zero-order chi connectivity index (χ0) is 12.0. The van der Waals surface area contributed by atoms with Crippen LogP contribution in [0, 0.1) is 0 Å². The van der Waals surface area contributed by atoms with Crippen molar-refractivity contribution in [3.05, 3.63) is 0 Å². The third kappa shape index (κ3) is 4.49. The number of piperidine rings is 1. The minimum atomic E-state index is 0.206. The Kier molecular flexibility index (Phi) is 5.77. The molecule has 0 aromatic rings. The summed E-state index contributed by atoms with van der Waals surface area (Å²) in [6, 6.07) is 0.963. The van der Waals surface area contributed by atoms with Crippen molar-refractivity contribution in [1.29, 1.82) is 0 Å². The van der Waals surface area contributed by atoms with Gasteiger partial charge in [0.05, 0.1) is 0 Å². The lowest BCUT2D eigenvalue weighted by molar-refractivity contribution is -0.122. The van der Waals surface area contributed by atoms with E-state index in [-0.39, 0.29) is 5.91 Å². The second-order valence-corrected chi connectivity index (χ2v) is 4.83. The standard InChI is InChI=1S/C12H25N3O/c1-10-9-11(6-8-15(10)3)14-12(16)5-4-7-13-2/h10-11,13H,4-9H2,1-3H3,(H,14,16). The van der Waals surface area contributed by atoms with E-state index < -0.39 is 0 Å². The third-order valence-electron chi connectivity index (χ3n) is 3.40. The monoisotopic (exact) mass is 227 g/mol. The van der Waals surface area contributed by atoms with Crippen molar-refractivity contribution in [3.8, 4) is 0 Å². The lowest BCUT2D eigenvalue weighted by Crippen LogP contribution is -2.47. The summed E-state index contributed by atoms with van der Waals surface area (Å²) in [7, 11) is 4.06. The number of hydrogen-bond acceptors (Lipinski definition) is 3. The van der Waals surface area contributed by atoms with Gasteiger partial charge in [0.15, 0.2) is 0 Å². The molecule has 1 aliphatic heterocycles. The lowest BCUT2D eigenvalue weighted by Gasteiger charge is -2.35. The number of likely N-dealkylation sites (tertiary alicyclic amines) is 1. The van der Waals surface area contributed by atoms with Gasteiger partial charge in [-0.25, -0.2) is 0 Å². The van der Waals surface area contributed by atoms with Gasteiger partial charge < -0.3 is 15.5 Å². The van der Waals surface area contributed by atoms with Gasteiger partial charge in [0.2, 0.25) is 5.91 Å². The SMILES string of the molecule is CNCCCC(=O)NC1CCN(C)C(C)C1. The molecule has 2 atom stereocenters. The number of hydrogen-bond donors (Lipinski definition) is 2. The van der Waals surface area contributed by atoms with Crippen molar-refractivity contribution < 1.29 is 4.79 Å². The van der Waals surface area contributed by atoms with Crippen LogP contribution in [0.4, 0.5) is 0 Å². The summed E-state index contributed by atoms with van der Waals surface area (Å²) < 4.78 is 0. The fraction of sp³-hybridized carbons (Fsp3) is 0.917. The summed E-state index contributed by atoms with van der Waals surface area (Å²) in [5.74, 6) is 0.206. The van der Waals surface area contributed by atoms with Crippen molar-refractivity contribution in [1.82, 2.24) is 15.5 Å². The zero-order valence-electron chi connectivity index (χ0n) is 10.8. The molecule has 16 heavy (non-hydrogen) atoms. The Labute approximate surface area is 98.8 Å². The van der Waals surface area contributed by atoms with E-state index in [4.69, 9.17) is 0 Å². The number of rotatable bonds is 5. The van der Waals surface area contributed by atoms with E-state index >= 15 is 0 Å². The number of nitrogens with one attached hydrogen (secondary N) is 2. The number of carbonyl (C=O) groups excluding carboxylic acids is 1. The summed E-state index contributed by atoms with van der Waals surface area (Å²) in [6.45, 7) is 4.22. The minimum Gasteiger partial charge on any atom is -0.353 e. The van der Waals surface area contributed by atoms with Crippen LogP contribution in [0.3, 0.4) is 0 Å². The van der Waals surface area contributed by atoms with Crippen molar-refractivity contribution in [3.63, 3.8) is 0 Å². The minimum absolute atomic E-state index is 0.206. The predicted octanol–water partition coefficient (Wildman–Crippen LogP) is 0.585. The predicted molar refractivity (Wildman–Crippen MR) is 66.4 cm³/mol. The molecule has 4 heteroatoms. The average Bonchev–Trinajstić information content (AvgIpc) is 2.24. The molecule has 0 aliphatic carbocycles. The molecule has 0 bridgehead atoms. The van der Waals surface area contributed by atoms with Crippen LogP contribution in [0.1, 0.15) is 32.6 Å². The largest absolute Gasteiger partial charge is 0.353 e. The van der Waals surface area contributed by atoms with E-state index in [9.17, 15) is 4.79 Å². The maximum absolute atomic E-state index is 11.6. The zero-order valence-corrected chi connectivity index (χ0v) is 10.8. The molecule has 2 unspecified atom stereocenters. The first-order chi connectivity index (χ1) is 7.63. The lowest BCUT2D eigenvalue weighted by atomic mass is 9.99. The molecule has 0 radical (unpaired) electrons. The van der Waals surface area contributed by atoms with Gasteiger partial charge in [0.25, 0.3) is 0 Å². The Hall–Kier alpha value is -0.610. The van der Waals surface area contributed by atoms with Crippen LogP contribution >= 0.6 is 0 Å². The van der Waals surface area contributed by atoms with Gasteiger partial charge in [0, 0.05) is 25.0 Å². The van der Waals surface area contributed by atoms with Gasteiger partial charge >= 0.3 is 0 Å².